The van der Waals surface area contributed by atoms with Gasteiger partial charge in [-0.05, 0) is 24.1 Å². The van der Waals surface area contributed by atoms with Crippen LogP contribution in [0.3, 0.4) is 0 Å². The van der Waals surface area contributed by atoms with Crippen LogP contribution in [-0.2, 0) is 11.3 Å². The lowest BCUT2D eigenvalue weighted by atomic mass is 10.0. The second-order valence-corrected chi connectivity index (χ2v) is 7.90. The van der Waals surface area contributed by atoms with E-state index in [0.29, 0.717) is 11.1 Å². The maximum atomic E-state index is 14.2. The normalized spacial score (nSPS) is 17.1. The number of ether oxygens (including phenoxy) is 1. The Labute approximate surface area is 188 Å². The molecule has 2 amide bonds. The van der Waals surface area contributed by atoms with Gasteiger partial charge in [-0.15, -0.1) is 0 Å². The maximum absolute atomic E-state index is 14.2. The molecule has 1 aliphatic heterocycles. The molecule has 0 radical (unpaired) electrons. The molecule has 10 heteroatoms. The van der Waals surface area contributed by atoms with Crippen LogP contribution < -0.4 is 16.8 Å². The number of nitrogens with zero attached hydrogens (tertiary/aromatic N) is 2. The van der Waals surface area contributed by atoms with E-state index in [4.69, 9.17) is 16.2 Å². The Morgan fingerprint density at radius 1 is 1.21 bits per heavy atom. The van der Waals surface area contributed by atoms with Crippen LogP contribution in [-0.4, -0.2) is 40.7 Å². The summed E-state index contributed by atoms with van der Waals surface area (Å²) < 4.78 is 34.2. The van der Waals surface area contributed by atoms with Gasteiger partial charge in [-0.2, -0.15) is 5.10 Å². The van der Waals surface area contributed by atoms with Crippen molar-refractivity contribution in [2.75, 3.05) is 18.9 Å². The van der Waals surface area contributed by atoms with Gasteiger partial charge < -0.3 is 21.5 Å². The highest BCUT2D eigenvalue weighted by atomic mass is 19.3. The minimum atomic E-state index is -3.18. The van der Waals surface area contributed by atoms with Gasteiger partial charge in [0.15, 0.2) is 0 Å². The maximum Gasteiger partial charge on any atom is 0.295 e. The van der Waals surface area contributed by atoms with Gasteiger partial charge >= 0.3 is 0 Å². The third kappa shape index (κ3) is 4.29. The molecule has 5 N–H and O–H groups in total. The standard InChI is InChI=1S/C23H23F2N5O3/c1-13-4-2-3-5-16(13)22(32)28-10-14-6-8-15(9-7-14)19-18(21(27)31)20(26)30(29-19)17-11-33-12-23(17,24)25/h2-9,17H,10-12,26H2,1H3,(H2,27,31)(H,28,32). The molecule has 2 aromatic carbocycles. The molecule has 2 heterocycles. The predicted octanol–water partition coefficient (Wildman–Crippen LogP) is 2.68. The Hall–Kier alpha value is -3.79. The molecule has 3 aromatic rings. The highest BCUT2D eigenvalue weighted by Gasteiger charge is 2.48. The number of carbonyl (C=O) groups excluding carboxylic acids is 2. The summed E-state index contributed by atoms with van der Waals surface area (Å²) in [6, 6.07) is 12.6. The molecule has 33 heavy (non-hydrogen) atoms. The van der Waals surface area contributed by atoms with Crippen molar-refractivity contribution in [3.8, 4) is 11.3 Å². The van der Waals surface area contributed by atoms with E-state index < -0.39 is 24.5 Å². The van der Waals surface area contributed by atoms with E-state index >= 15 is 0 Å². The average molecular weight is 455 g/mol. The number of aryl methyl sites for hydroxylation is 1. The van der Waals surface area contributed by atoms with E-state index in [1.807, 2.05) is 19.1 Å². The third-order valence-electron chi connectivity index (χ3n) is 5.62. The average Bonchev–Trinajstić information content (AvgIpc) is 3.30. The summed E-state index contributed by atoms with van der Waals surface area (Å²) in [5.74, 6) is -4.47. The smallest absolute Gasteiger partial charge is 0.295 e. The van der Waals surface area contributed by atoms with Gasteiger partial charge in [0.25, 0.3) is 17.7 Å². The largest absolute Gasteiger partial charge is 0.383 e. The number of hydrogen-bond acceptors (Lipinski definition) is 5. The molecule has 0 aliphatic carbocycles. The van der Waals surface area contributed by atoms with Gasteiger partial charge in [0.2, 0.25) is 0 Å². The molecule has 0 bridgehead atoms. The zero-order valence-corrected chi connectivity index (χ0v) is 17.8. The molecule has 1 saturated heterocycles. The topological polar surface area (TPSA) is 125 Å². The van der Waals surface area contributed by atoms with Gasteiger partial charge in [-0.1, -0.05) is 42.5 Å². The lowest BCUT2D eigenvalue weighted by Gasteiger charge is -2.18. The second-order valence-electron chi connectivity index (χ2n) is 7.90. The summed E-state index contributed by atoms with van der Waals surface area (Å²) in [6.07, 6.45) is 0. The van der Waals surface area contributed by atoms with Crippen molar-refractivity contribution in [1.29, 1.82) is 0 Å². The van der Waals surface area contributed by atoms with Gasteiger partial charge in [0.05, 0.1) is 6.61 Å². The van der Waals surface area contributed by atoms with Crippen LogP contribution in [0.25, 0.3) is 11.3 Å². The van der Waals surface area contributed by atoms with E-state index in [1.165, 1.54) is 0 Å². The number of alkyl halides is 2. The number of primary amides is 1. The Morgan fingerprint density at radius 2 is 1.91 bits per heavy atom. The van der Waals surface area contributed by atoms with Crippen molar-refractivity contribution in [3.63, 3.8) is 0 Å². The summed E-state index contributed by atoms with van der Waals surface area (Å²) in [5.41, 5.74) is 14.2. The van der Waals surface area contributed by atoms with Crippen molar-refractivity contribution in [1.82, 2.24) is 15.1 Å². The summed E-state index contributed by atoms with van der Waals surface area (Å²) in [5, 5.41) is 7.05. The number of nitrogen functional groups attached to an aromatic ring is 1. The lowest BCUT2D eigenvalue weighted by Crippen LogP contribution is -2.31. The number of carbonyl (C=O) groups is 2. The van der Waals surface area contributed by atoms with Crippen molar-refractivity contribution in [2.24, 2.45) is 5.73 Å². The van der Waals surface area contributed by atoms with E-state index in [0.717, 1.165) is 15.8 Å². The van der Waals surface area contributed by atoms with Crippen LogP contribution in [0.15, 0.2) is 48.5 Å². The lowest BCUT2D eigenvalue weighted by molar-refractivity contribution is -0.0344. The highest BCUT2D eigenvalue weighted by Crippen LogP contribution is 2.38. The van der Waals surface area contributed by atoms with Gasteiger partial charge in [0.1, 0.15) is 29.7 Å². The molecule has 1 atom stereocenters. The fourth-order valence-corrected chi connectivity index (χ4v) is 3.79. The molecule has 0 spiro atoms. The number of anilines is 1. The Kier molecular flexibility index (Phi) is 5.86. The number of hydrogen-bond donors (Lipinski definition) is 3. The Balaban J connectivity index is 1.56. The van der Waals surface area contributed by atoms with Crippen LogP contribution in [0.2, 0.25) is 0 Å². The van der Waals surface area contributed by atoms with E-state index in [-0.39, 0.29) is 36.1 Å². The summed E-state index contributed by atoms with van der Waals surface area (Å²) in [4.78, 5) is 24.4. The van der Waals surface area contributed by atoms with Crippen LogP contribution in [0.5, 0.6) is 0 Å². The minimum Gasteiger partial charge on any atom is -0.383 e. The third-order valence-corrected chi connectivity index (χ3v) is 5.62. The van der Waals surface area contributed by atoms with Crippen LogP contribution >= 0.6 is 0 Å². The molecular formula is C23H23F2N5O3. The summed E-state index contributed by atoms with van der Waals surface area (Å²) in [6.45, 7) is 1.11. The number of nitrogens with two attached hydrogens (primary N) is 2. The number of halogens is 2. The molecule has 8 nitrogen and oxygen atoms in total. The van der Waals surface area contributed by atoms with Crippen LogP contribution in [0.1, 0.15) is 37.9 Å². The van der Waals surface area contributed by atoms with Gasteiger partial charge in [-0.25, -0.2) is 13.5 Å². The highest BCUT2D eigenvalue weighted by molar-refractivity contribution is 6.03. The first-order chi connectivity index (χ1) is 15.7. The molecule has 1 unspecified atom stereocenters. The minimum absolute atomic E-state index is 0.109. The molecule has 0 saturated carbocycles. The molecule has 1 aromatic heterocycles. The zero-order valence-electron chi connectivity index (χ0n) is 17.8. The first-order valence-corrected chi connectivity index (χ1v) is 10.3. The van der Waals surface area contributed by atoms with E-state index in [9.17, 15) is 18.4 Å². The Morgan fingerprint density at radius 3 is 2.52 bits per heavy atom. The number of rotatable bonds is 6. The summed E-state index contributed by atoms with van der Waals surface area (Å²) >= 11 is 0. The predicted molar refractivity (Wildman–Crippen MR) is 118 cm³/mol. The number of benzene rings is 2. The summed E-state index contributed by atoms with van der Waals surface area (Å²) in [7, 11) is 0. The SMILES string of the molecule is Cc1ccccc1C(=O)NCc1ccc(-c2nn(C3COCC3(F)F)c(N)c2C(N)=O)cc1. The molecule has 4 rings (SSSR count). The van der Waals surface area contributed by atoms with Gasteiger partial charge in [0, 0.05) is 17.7 Å². The quantitative estimate of drug-likeness (QED) is 0.527. The first kappa shape index (κ1) is 22.4. The first-order valence-electron chi connectivity index (χ1n) is 10.3. The second kappa shape index (κ2) is 8.62. The number of aromatic nitrogens is 2. The van der Waals surface area contributed by atoms with E-state index in [2.05, 4.69) is 10.4 Å². The van der Waals surface area contributed by atoms with Crippen LogP contribution in [0.4, 0.5) is 14.6 Å². The monoisotopic (exact) mass is 455 g/mol. The number of nitrogens with one attached hydrogen (secondary N) is 1. The molecule has 172 valence electrons. The number of amides is 2. The van der Waals surface area contributed by atoms with Crippen molar-refractivity contribution in [2.45, 2.75) is 25.4 Å². The fourth-order valence-electron chi connectivity index (χ4n) is 3.79. The van der Waals surface area contributed by atoms with E-state index in [1.54, 1.807) is 36.4 Å². The van der Waals surface area contributed by atoms with Crippen molar-refractivity contribution in [3.05, 3.63) is 70.8 Å². The Bertz CT molecular complexity index is 1210. The fraction of sp³-hybridized carbons (Fsp3) is 0.261. The van der Waals surface area contributed by atoms with Gasteiger partial charge in [-0.3, -0.25) is 9.59 Å². The van der Waals surface area contributed by atoms with Crippen molar-refractivity contribution < 1.29 is 23.1 Å². The van der Waals surface area contributed by atoms with Crippen LogP contribution in [0, 0.1) is 6.92 Å². The zero-order chi connectivity index (χ0) is 23.8. The molecule has 1 fully saturated rings. The van der Waals surface area contributed by atoms with Crippen molar-refractivity contribution >= 4 is 17.6 Å². The molecular weight excluding hydrogens is 432 g/mol. The molecule has 1 aliphatic rings.